The zero-order valence-electron chi connectivity index (χ0n) is 14.9. The van der Waals surface area contributed by atoms with E-state index in [1.54, 1.807) is 62.6 Å². The van der Waals surface area contributed by atoms with E-state index in [0.29, 0.717) is 28.7 Å². The number of benzene rings is 2. The Morgan fingerprint density at radius 1 is 1.04 bits per heavy atom. The fourth-order valence-corrected chi connectivity index (χ4v) is 2.83. The quantitative estimate of drug-likeness (QED) is 0.631. The van der Waals surface area contributed by atoms with Gasteiger partial charge in [0.05, 0.1) is 12.9 Å². The highest BCUT2D eigenvalue weighted by molar-refractivity contribution is 7.92. The molecular formula is C18H19N3O5S. The number of sulfonamides is 1. The summed E-state index contributed by atoms with van der Waals surface area (Å²) in [6.45, 7) is 1.71. The highest BCUT2D eigenvalue weighted by atomic mass is 32.2. The average molecular weight is 389 g/mol. The summed E-state index contributed by atoms with van der Waals surface area (Å²) in [6.07, 6.45) is 0. The second-order valence-corrected chi connectivity index (χ2v) is 7.57. The van der Waals surface area contributed by atoms with Crippen molar-refractivity contribution in [3.8, 4) is 22.9 Å². The van der Waals surface area contributed by atoms with Crippen molar-refractivity contribution in [1.82, 2.24) is 10.1 Å². The number of hydrogen-bond acceptors (Lipinski definition) is 7. The first-order chi connectivity index (χ1) is 13.0. The SMILES string of the molecule is CCS(=O)(=O)Nc1ccc(-c2noc(COc3ccc(OC)cc3)n2)cc1. The minimum atomic E-state index is -3.31. The number of rotatable bonds is 8. The predicted octanol–water partition coefficient (Wildman–Crippen LogP) is 3.09. The molecule has 2 aromatic carbocycles. The molecular weight excluding hydrogens is 370 g/mol. The van der Waals surface area contributed by atoms with Crippen LogP contribution in [0.4, 0.5) is 5.69 Å². The summed E-state index contributed by atoms with van der Waals surface area (Å²) in [5.74, 6) is 2.14. The number of ether oxygens (including phenoxy) is 2. The summed E-state index contributed by atoms with van der Waals surface area (Å²) in [7, 11) is -1.71. The first kappa shape index (κ1) is 18.7. The Morgan fingerprint density at radius 2 is 1.70 bits per heavy atom. The lowest BCUT2D eigenvalue weighted by Crippen LogP contribution is -2.14. The van der Waals surface area contributed by atoms with E-state index in [0.717, 1.165) is 5.75 Å². The van der Waals surface area contributed by atoms with Gasteiger partial charge in [0, 0.05) is 11.3 Å². The molecule has 8 nitrogen and oxygen atoms in total. The first-order valence-electron chi connectivity index (χ1n) is 8.19. The topological polar surface area (TPSA) is 104 Å². The molecule has 0 fully saturated rings. The van der Waals surface area contributed by atoms with E-state index in [4.69, 9.17) is 14.0 Å². The Hall–Kier alpha value is -3.07. The maximum atomic E-state index is 11.6. The van der Waals surface area contributed by atoms with Gasteiger partial charge in [0.15, 0.2) is 6.61 Å². The summed E-state index contributed by atoms with van der Waals surface area (Å²) in [5.41, 5.74) is 1.18. The molecule has 1 aromatic heterocycles. The van der Waals surface area contributed by atoms with Crippen molar-refractivity contribution in [2.24, 2.45) is 0 Å². The molecule has 27 heavy (non-hydrogen) atoms. The van der Waals surface area contributed by atoms with Gasteiger partial charge in [0.25, 0.3) is 5.89 Å². The van der Waals surface area contributed by atoms with Crippen molar-refractivity contribution in [3.05, 3.63) is 54.4 Å². The molecule has 0 aliphatic carbocycles. The van der Waals surface area contributed by atoms with E-state index in [-0.39, 0.29) is 12.4 Å². The third-order valence-electron chi connectivity index (χ3n) is 3.69. The van der Waals surface area contributed by atoms with Gasteiger partial charge < -0.3 is 14.0 Å². The minimum absolute atomic E-state index is 0.0111. The molecule has 0 aliphatic heterocycles. The number of methoxy groups -OCH3 is 1. The molecule has 142 valence electrons. The second-order valence-electron chi connectivity index (χ2n) is 5.56. The Kier molecular flexibility index (Phi) is 5.60. The lowest BCUT2D eigenvalue weighted by molar-refractivity contribution is 0.242. The second kappa shape index (κ2) is 8.09. The first-order valence-corrected chi connectivity index (χ1v) is 9.84. The van der Waals surface area contributed by atoms with E-state index in [2.05, 4.69) is 14.9 Å². The van der Waals surface area contributed by atoms with Crippen LogP contribution in [0, 0.1) is 0 Å². The third-order valence-corrected chi connectivity index (χ3v) is 4.99. The number of nitrogens with one attached hydrogen (secondary N) is 1. The number of hydrogen-bond donors (Lipinski definition) is 1. The lowest BCUT2D eigenvalue weighted by atomic mass is 10.2. The van der Waals surface area contributed by atoms with Crippen LogP contribution in [0.1, 0.15) is 12.8 Å². The molecule has 0 bridgehead atoms. The van der Waals surface area contributed by atoms with E-state index in [1.807, 2.05) is 0 Å². The van der Waals surface area contributed by atoms with Gasteiger partial charge in [-0.05, 0) is 55.5 Å². The molecule has 0 saturated carbocycles. The predicted molar refractivity (Wildman–Crippen MR) is 100 cm³/mol. The molecule has 3 aromatic rings. The van der Waals surface area contributed by atoms with E-state index >= 15 is 0 Å². The standard InChI is InChI=1S/C18H19N3O5S/c1-3-27(22,23)21-14-6-4-13(5-7-14)18-19-17(26-20-18)12-25-16-10-8-15(24-2)9-11-16/h4-11,21H,3,12H2,1-2H3. The van der Waals surface area contributed by atoms with Crippen LogP contribution >= 0.6 is 0 Å². The summed E-state index contributed by atoms with van der Waals surface area (Å²) < 4.78 is 41.5. The molecule has 0 radical (unpaired) electrons. The van der Waals surface area contributed by atoms with Crippen LogP contribution in [0.2, 0.25) is 0 Å². The maximum absolute atomic E-state index is 11.6. The smallest absolute Gasteiger partial charge is 0.264 e. The monoisotopic (exact) mass is 389 g/mol. The Balaban J connectivity index is 1.62. The van der Waals surface area contributed by atoms with Crippen LogP contribution in [-0.4, -0.2) is 31.4 Å². The van der Waals surface area contributed by atoms with Crippen molar-refractivity contribution < 1.29 is 22.4 Å². The van der Waals surface area contributed by atoms with Gasteiger partial charge in [0.1, 0.15) is 11.5 Å². The number of anilines is 1. The highest BCUT2D eigenvalue weighted by Gasteiger charge is 2.11. The van der Waals surface area contributed by atoms with Gasteiger partial charge in [0.2, 0.25) is 15.8 Å². The van der Waals surface area contributed by atoms with Crippen molar-refractivity contribution in [2.45, 2.75) is 13.5 Å². The van der Waals surface area contributed by atoms with Crippen LogP contribution < -0.4 is 14.2 Å². The van der Waals surface area contributed by atoms with Crippen molar-refractivity contribution in [2.75, 3.05) is 17.6 Å². The fourth-order valence-electron chi connectivity index (χ4n) is 2.19. The zero-order valence-corrected chi connectivity index (χ0v) is 15.7. The van der Waals surface area contributed by atoms with Crippen LogP contribution in [-0.2, 0) is 16.6 Å². The molecule has 0 aliphatic rings. The van der Waals surface area contributed by atoms with E-state index < -0.39 is 10.0 Å². The third kappa shape index (κ3) is 4.98. The van der Waals surface area contributed by atoms with Crippen molar-refractivity contribution >= 4 is 15.7 Å². The highest BCUT2D eigenvalue weighted by Crippen LogP contribution is 2.21. The fraction of sp³-hybridized carbons (Fsp3) is 0.222. The molecule has 0 saturated heterocycles. The zero-order chi connectivity index (χ0) is 19.3. The summed E-state index contributed by atoms with van der Waals surface area (Å²) in [6, 6.07) is 13.9. The van der Waals surface area contributed by atoms with Gasteiger partial charge in [-0.2, -0.15) is 4.98 Å². The maximum Gasteiger partial charge on any atom is 0.264 e. The molecule has 1 heterocycles. The molecule has 9 heteroatoms. The van der Waals surface area contributed by atoms with Crippen molar-refractivity contribution in [1.29, 1.82) is 0 Å². The molecule has 0 spiro atoms. The Bertz CT molecular complexity index is 983. The van der Waals surface area contributed by atoms with Crippen LogP contribution in [0.3, 0.4) is 0 Å². The molecule has 0 amide bonds. The lowest BCUT2D eigenvalue weighted by Gasteiger charge is -2.05. The normalized spacial score (nSPS) is 11.2. The van der Waals surface area contributed by atoms with Crippen LogP contribution in [0.15, 0.2) is 53.1 Å². The molecule has 0 unspecified atom stereocenters. The minimum Gasteiger partial charge on any atom is -0.497 e. The van der Waals surface area contributed by atoms with Gasteiger partial charge in [-0.1, -0.05) is 5.16 Å². The molecule has 3 rings (SSSR count). The summed E-state index contributed by atoms with van der Waals surface area (Å²) >= 11 is 0. The van der Waals surface area contributed by atoms with Crippen LogP contribution in [0.25, 0.3) is 11.4 Å². The molecule has 0 atom stereocenters. The van der Waals surface area contributed by atoms with Crippen molar-refractivity contribution in [3.63, 3.8) is 0 Å². The van der Waals surface area contributed by atoms with Gasteiger partial charge >= 0.3 is 0 Å². The average Bonchev–Trinajstić information content (AvgIpc) is 3.16. The van der Waals surface area contributed by atoms with E-state index in [9.17, 15) is 8.42 Å². The van der Waals surface area contributed by atoms with Crippen LogP contribution in [0.5, 0.6) is 11.5 Å². The van der Waals surface area contributed by atoms with Gasteiger partial charge in [-0.25, -0.2) is 8.42 Å². The molecule has 1 N–H and O–H groups in total. The van der Waals surface area contributed by atoms with Gasteiger partial charge in [-0.3, -0.25) is 4.72 Å². The Labute approximate surface area is 157 Å². The number of nitrogens with zero attached hydrogens (tertiary/aromatic N) is 2. The summed E-state index contributed by atoms with van der Waals surface area (Å²) in [4.78, 5) is 4.28. The summed E-state index contributed by atoms with van der Waals surface area (Å²) in [5, 5.41) is 3.92. The van der Waals surface area contributed by atoms with Gasteiger partial charge in [-0.15, -0.1) is 0 Å². The largest absolute Gasteiger partial charge is 0.497 e. The van der Waals surface area contributed by atoms with E-state index in [1.165, 1.54) is 0 Å². The Morgan fingerprint density at radius 3 is 2.33 bits per heavy atom. The number of aromatic nitrogens is 2.